The lowest BCUT2D eigenvalue weighted by Gasteiger charge is -2.27. The van der Waals surface area contributed by atoms with Crippen molar-refractivity contribution in [2.45, 2.75) is 25.5 Å². The SMILES string of the molecule is c1ccc2c(c1)COCC2NCCC1CCOC1. The first-order chi connectivity index (χ1) is 8.93. The Kier molecular flexibility index (Phi) is 3.93. The van der Waals surface area contributed by atoms with Gasteiger partial charge in [-0.25, -0.2) is 0 Å². The predicted molar refractivity (Wildman–Crippen MR) is 70.4 cm³/mol. The van der Waals surface area contributed by atoms with E-state index in [1.54, 1.807) is 0 Å². The van der Waals surface area contributed by atoms with Gasteiger partial charge in [0.2, 0.25) is 0 Å². The van der Waals surface area contributed by atoms with Gasteiger partial charge in [-0.05, 0) is 36.4 Å². The second-order valence-electron chi connectivity index (χ2n) is 5.24. The summed E-state index contributed by atoms with van der Waals surface area (Å²) in [6.45, 7) is 4.48. The molecule has 0 radical (unpaired) electrons. The Balaban J connectivity index is 1.54. The van der Waals surface area contributed by atoms with Crippen molar-refractivity contribution in [3.8, 4) is 0 Å². The fourth-order valence-electron chi connectivity index (χ4n) is 2.82. The van der Waals surface area contributed by atoms with Crippen molar-refractivity contribution in [2.75, 3.05) is 26.4 Å². The molecule has 2 unspecified atom stereocenters. The summed E-state index contributed by atoms with van der Waals surface area (Å²) in [6, 6.07) is 8.93. The van der Waals surface area contributed by atoms with Crippen LogP contribution < -0.4 is 5.32 Å². The molecule has 2 aliphatic heterocycles. The maximum Gasteiger partial charge on any atom is 0.0721 e. The molecule has 2 atom stereocenters. The first-order valence-corrected chi connectivity index (χ1v) is 6.90. The average Bonchev–Trinajstić information content (AvgIpc) is 2.92. The zero-order valence-electron chi connectivity index (χ0n) is 10.7. The first-order valence-electron chi connectivity index (χ1n) is 6.90. The number of hydrogen-bond acceptors (Lipinski definition) is 3. The van der Waals surface area contributed by atoms with Gasteiger partial charge in [0.25, 0.3) is 0 Å². The van der Waals surface area contributed by atoms with Gasteiger partial charge in [0.05, 0.1) is 19.3 Å². The molecule has 0 bridgehead atoms. The fourth-order valence-corrected chi connectivity index (χ4v) is 2.82. The van der Waals surface area contributed by atoms with Crippen LogP contribution in [0.2, 0.25) is 0 Å². The highest BCUT2D eigenvalue weighted by Gasteiger charge is 2.20. The van der Waals surface area contributed by atoms with Crippen molar-refractivity contribution < 1.29 is 9.47 Å². The minimum absolute atomic E-state index is 0.359. The second-order valence-corrected chi connectivity index (χ2v) is 5.24. The van der Waals surface area contributed by atoms with E-state index in [0.717, 1.165) is 38.9 Å². The van der Waals surface area contributed by atoms with Gasteiger partial charge in [0.1, 0.15) is 0 Å². The van der Waals surface area contributed by atoms with Crippen LogP contribution >= 0.6 is 0 Å². The molecule has 1 N–H and O–H groups in total. The lowest BCUT2D eigenvalue weighted by atomic mass is 9.98. The summed E-state index contributed by atoms with van der Waals surface area (Å²) in [5, 5.41) is 3.62. The molecule has 3 rings (SSSR count). The van der Waals surface area contributed by atoms with E-state index in [2.05, 4.69) is 29.6 Å². The summed E-state index contributed by atoms with van der Waals surface area (Å²) in [5.41, 5.74) is 2.73. The largest absolute Gasteiger partial charge is 0.381 e. The van der Waals surface area contributed by atoms with Crippen LogP contribution in [0.1, 0.15) is 30.0 Å². The summed E-state index contributed by atoms with van der Waals surface area (Å²) in [6.07, 6.45) is 2.43. The molecule has 0 saturated carbocycles. The van der Waals surface area contributed by atoms with Gasteiger partial charge < -0.3 is 14.8 Å². The maximum absolute atomic E-state index is 5.64. The quantitative estimate of drug-likeness (QED) is 0.885. The van der Waals surface area contributed by atoms with Gasteiger partial charge in [0.15, 0.2) is 0 Å². The Morgan fingerprint density at radius 3 is 3.00 bits per heavy atom. The summed E-state index contributed by atoms with van der Waals surface area (Å²) >= 11 is 0. The lowest BCUT2D eigenvalue weighted by Crippen LogP contribution is -2.31. The summed E-state index contributed by atoms with van der Waals surface area (Å²) in [7, 11) is 0. The molecule has 1 fully saturated rings. The van der Waals surface area contributed by atoms with E-state index >= 15 is 0 Å². The van der Waals surface area contributed by atoms with E-state index in [-0.39, 0.29) is 0 Å². The Labute approximate surface area is 108 Å². The van der Waals surface area contributed by atoms with Gasteiger partial charge in [0, 0.05) is 13.2 Å². The van der Waals surface area contributed by atoms with Crippen molar-refractivity contribution in [1.82, 2.24) is 5.32 Å². The van der Waals surface area contributed by atoms with Gasteiger partial charge in [-0.1, -0.05) is 24.3 Å². The summed E-state index contributed by atoms with van der Waals surface area (Å²) in [5.74, 6) is 0.747. The Bertz CT molecular complexity index is 388. The van der Waals surface area contributed by atoms with Crippen LogP contribution in [-0.4, -0.2) is 26.4 Å². The number of nitrogens with one attached hydrogen (secondary N) is 1. The van der Waals surface area contributed by atoms with Crippen molar-refractivity contribution in [3.05, 3.63) is 35.4 Å². The fraction of sp³-hybridized carbons (Fsp3) is 0.600. The molecule has 18 heavy (non-hydrogen) atoms. The topological polar surface area (TPSA) is 30.5 Å². The number of fused-ring (bicyclic) bond motifs is 1. The highest BCUT2D eigenvalue weighted by molar-refractivity contribution is 5.30. The van der Waals surface area contributed by atoms with Crippen molar-refractivity contribution in [2.24, 2.45) is 5.92 Å². The van der Waals surface area contributed by atoms with Crippen LogP contribution in [-0.2, 0) is 16.1 Å². The molecule has 1 aromatic carbocycles. The molecule has 0 spiro atoms. The minimum atomic E-state index is 0.359. The van der Waals surface area contributed by atoms with E-state index in [1.165, 1.54) is 24.0 Å². The monoisotopic (exact) mass is 247 g/mol. The van der Waals surface area contributed by atoms with Crippen LogP contribution in [0.3, 0.4) is 0 Å². The van der Waals surface area contributed by atoms with Crippen molar-refractivity contribution >= 4 is 0 Å². The first kappa shape index (κ1) is 12.2. The zero-order chi connectivity index (χ0) is 12.2. The van der Waals surface area contributed by atoms with Gasteiger partial charge >= 0.3 is 0 Å². The molecule has 0 amide bonds. The predicted octanol–water partition coefficient (Wildman–Crippen LogP) is 2.27. The summed E-state index contributed by atoms with van der Waals surface area (Å²) in [4.78, 5) is 0. The zero-order valence-corrected chi connectivity index (χ0v) is 10.7. The van der Waals surface area contributed by atoms with Crippen LogP contribution in [0.25, 0.3) is 0 Å². The third-order valence-electron chi connectivity index (χ3n) is 3.94. The van der Waals surface area contributed by atoms with Gasteiger partial charge in [-0.15, -0.1) is 0 Å². The second kappa shape index (κ2) is 5.83. The number of rotatable bonds is 4. The number of hydrogen-bond donors (Lipinski definition) is 1. The molecule has 3 nitrogen and oxygen atoms in total. The van der Waals surface area contributed by atoms with E-state index < -0.39 is 0 Å². The third-order valence-corrected chi connectivity index (χ3v) is 3.94. The Hall–Kier alpha value is -0.900. The minimum Gasteiger partial charge on any atom is -0.381 e. The van der Waals surface area contributed by atoms with E-state index in [9.17, 15) is 0 Å². The molecule has 3 heteroatoms. The van der Waals surface area contributed by atoms with E-state index in [1.807, 2.05) is 0 Å². The molecule has 98 valence electrons. The smallest absolute Gasteiger partial charge is 0.0721 e. The van der Waals surface area contributed by atoms with Crippen molar-refractivity contribution in [3.63, 3.8) is 0 Å². The molecule has 2 aliphatic rings. The Morgan fingerprint density at radius 1 is 1.17 bits per heavy atom. The Morgan fingerprint density at radius 2 is 2.11 bits per heavy atom. The van der Waals surface area contributed by atoms with Gasteiger partial charge in [-0.3, -0.25) is 0 Å². The van der Waals surface area contributed by atoms with Crippen molar-refractivity contribution in [1.29, 1.82) is 0 Å². The third kappa shape index (κ3) is 2.74. The molecule has 0 aliphatic carbocycles. The highest BCUT2D eigenvalue weighted by Crippen LogP contribution is 2.24. The van der Waals surface area contributed by atoms with Crippen LogP contribution in [0.4, 0.5) is 0 Å². The molecule has 2 heterocycles. The van der Waals surface area contributed by atoms with E-state index in [4.69, 9.17) is 9.47 Å². The normalized spacial score (nSPS) is 27.1. The van der Waals surface area contributed by atoms with Crippen LogP contribution in [0.5, 0.6) is 0 Å². The average molecular weight is 247 g/mol. The molecule has 1 saturated heterocycles. The van der Waals surface area contributed by atoms with Gasteiger partial charge in [-0.2, -0.15) is 0 Å². The highest BCUT2D eigenvalue weighted by atomic mass is 16.5. The van der Waals surface area contributed by atoms with Crippen LogP contribution in [0.15, 0.2) is 24.3 Å². The van der Waals surface area contributed by atoms with E-state index in [0.29, 0.717) is 6.04 Å². The van der Waals surface area contributed by atoms with Crippen LogP contribution in [0, 0.1) is 5.92 Å². The molecular formula is C15H21NO2. The standard InChI is InChI=1S/C15H21NO2/c1-2-4-14-13(3-1)10-18-11-15(14)16-7-5-12-6-8-17-9-12/h1-4,12,15-16H,5-11H2. The molecular weight excluding hydrogens is 226 g/mol. The molecule has 0 aromatic heterocycles. The molecule has 1 aromatic rings. The maximum atomic E-state index is 5.64. The summed E-state index contributed by atoms with van der Waals surface area (Å²) < 4.78 is 11.0. The number of benzene rings is 1. The lowest BCUT2D eigenvalue weighted by molar-refractivity contribution is 0.0816. The number of ether oxygens (including phenoxy) is 2.